The number of nitrogens with two attached hydrogens (primary N) is 3. The molecule has 0 atom stereocenters. The molecule has 7 heteroatoms. The molecule has 1 aliphatic heterocycles. The molecule has 0 saturated carbocycles. The molecule has 0 saturated heterocycles. The number of phenolic OH excluding ortho intramolecular Hbond substituents is 1. The normalized spacial score (nSPS) is 14.6. The smallest absolute Gasteiger partial charge is 0.223 e. The van der Waals surface area contributed by atoms with E-state index in [1.165, 1.54) is 0 Å². The standard InChI is InChI=1S/C11H16N6O/c12-10(13)17-11(14)16-7-3-4-8(18)9-6(7)2-1-5-15-9/h3-4,15,18H,1-2,5H2,(H6,12,13,14,16,17). The molecule has 1 aromatic carbocycles. The van der Waals surface area contributed by atoms with Gasteiger partial charge in [0, 0.05) is 12.1 Å². The lowest BCUT2D eigenvalue weighted by Gasteiger charge is -2.20. The molecule has 1 heterocycles. The average molecular weight is 248 g/mol. The number of anilines is 1. The lowest BCUT2D eigenvalue weighted by molar-refractivity contribution is 0.475. The summed E-state index contributed by atoms with van der Waals surface area (Å²) in [6.07, 6.45) is 1.80. The van der Waals surface area contributed by atoms with Crippen molar-refractivity contribution in [2.75, 3.05) is 11.9 Å². The second kappa shape index (κ2) is 4.82. The van der Waals surface area contributed by atoms with Crippen LogP contribution in [0.1, 0.15) is 12.0 Å². The maximum Gasteiger partial charge on any atom is 0.223 e. The molecule has 7 nitrogen and oxygen atoms in total. The molecule has 0 spiro atoms. The summed E-state index contributed by atoms with van der Waals surface area (Å²) < 4.78 is 0. The topological polar surface area (TPSA) is 135 Å². The molecule has 0 radical (unpaired) electrons. The Balaban J connectivity index is 2.43. The molecule has 1 aliphatic rings. The third kappa shape index (κ3) is 2.45. The van der Waals surface area contributed by atoms with Crippen molar-refractivity contribution in [2.24, 2.45) is 27.2 Å². The highest BCUT2D eigenvalue weighted by Gasteiger charge is 2.16. The fourth-order valence-corrected chi connectivity index (χ4v) is 1.94. The van der Waals surface area contributed by atoms with Crippen molar-refractivity contribution in [1.29, 1.82) is 0 Å². The van der Waals surface area contributed by atoms with Gasteiger partial charge in [0.2, 0.25) is 5.96 Å². The second-order valence-corrected chi connectivity index (χ2v) is 3.99. The van der Waals surface area contributed by atoms with Gasteiger partial charge in [0.05, 0.1) is 11.4 Å². The maximum absolute atomic E-state index is 9.75. The number of guanidine groups is 2. The van der Waals surface area contributed by atoms with Gasteiger partial charge in [-0.25, -0.2) is 4.99 Å². The first kappa shape index (κ1) is 12.0. The molecule has 0 amide bonds. The van der Waals surface area contributed by atoms with E-state index in [1.807, 2.05) is 0 Å². The first-order chi connectivity index (χ1) is 8.58. The van der Waals surface area contributed by atoms with E-state index in [4.69, 9.17) is 17.2 Å². The fourth-order valence-electron chi connectivity index (χ4n) is 1.94. The molecular weight excluding hydrogens is 232 g/mol. The summed E-state index contributed by atoms with van der Waals surface area (Å²) in [5.41, 5.74) is 18.3. The van der Waals surface area contributed by atoms with Gasteiger partial charge < -0.3 is 27.6 Å². The van der Waals surface area contributed by atoms with Gasteiger partial charge in [-0.3, -0.25) is 0 Å². The highest BCUT2D eigenvalue weighted by Crippen LogP contribution is 2.37. The van der Waals surface area contributed by atoms with Crippen LogP contribution < -0.4 is 22.5 Å². The van der Waals surface area contributed by atoms with E-state index in [1.54, 1.807) is 12.1 Å². The zero-order chi connectivity index (χ0) is 13.1. The van der Waals surface area contributed by atoms with Crippen molar-refractivity contribution in [3.63, 3.8) is 0 Å². The Morgan fingerprint density at radius 1 is 1.28 bits per heavy atom. The summed E-state index contributed by atoms with van der Waals surface area (Å²) in [6.45, 7) is 0.830. The molecule has 2 rings (SSSR count). The number of hydrogen-bond acceptors (Lipinski definition) is 3. The summed E-state index contributed by atoms with van der Waals surface area (Å²) >= 11 is 0. The van der Waals surface area contributed by atoms with Gasteiger partial charge in [-0.15, -0.1) is 0 Å². The molecule has 18 heavy (non-hydrogen) atoms. The first-order valence-corrected chi connectivity index (χ1v) is 5.60. The number of benzene rings is 1. The van der Waals surface area contributed by atoms with Crippen molar-refractivity contribution in [3.05, 3.63) is 17.7 Å². The summed E-state index contributed by atoms with van der Waals surface area (Å²) in [7, 11) is 0. The van der Waals surface area contributed by atoms with Crippen LogP contribution in [0.2, 0.25) is 0 Å². The van der Waals surface area contributed by atoms with E-state index in [0.29, 0.717) is 11.4 Å². The number of rotatable bonds is 1. The van der Waals surface area contributed by atoms with E-state index in [-0.39, 0.29) is 17.7 Å². The Hall–Kier alpha value is -2.44. The van der Waals surface area contributed by atoms with E-state index in [2.05, 4.69) is 15.3 Å². The molecule has 96 valence electrons. The number of aliphatic imine (C=N–C) groups is 2. The third-order valence-electron chi connectivity index (χ3n) is 2.65. The predicted octanol–water partition coefficient (Wildman–Crippen LogP) is -0.0301. The van der Waals surface area contributed by atoms with Crippen LogP contribution in [-0.2, 0) is 6.42 Å². The van der Waals surface area contributed by atoms with Gasteiger partial charge in [-0.1, -0.05) is 0 Å². The number of nitrogens with one attached hydrogen (secondary N) is 1. The lowest BCUT2D eigenvalue weighted by atomic mass is 10.0. The molecule has 0 unspecified atom stereocenters. The summed E-state index contributed by atoms with van der Waals surface area (Å²) in [5.74, 6) is 0.0690. The summed E-state index contributed by atoms with van der Waals surface area (Å²) in [6, 6.07) is 3.26. The molecule has 0 aliphatic carbocycles. The van der Waals surface area contributed by atoms with Crippen LogP contribution in [0.25, 0.3) is 0 Å². The van der Waals surface area contributed by atoms with E-state index in [0.717, 1.165) is 24.9 Å². The largest absolute Gasteiger partial charge is 0.506 e. The zero-order valence-electron chi connectivity index (χ0n) is 9.85. The maximum atomic E-state index is 9.75. The number of phenols is 1. The minimum absolute atomic E-state index is 0.00605. The average Bonchev–Trinajstić information content (AvgIpc) is 2.32. The predicted molar refractivity (Wildman–Crippen MR) is 72.0 cm³/mol. The van der Waals surface area contributed by atoms with Crippen LogP contribution >= 0.6 is 0 Å². The Kier molecular flexibility index (Phi) is 3.22. The van der Waals surface area contributed by atoms with Crippen molar-refractivity contribution >= 4 is 23.3 Å². The Morgan fingerprint density at radius 2 is 2.06 bits per heavy atom. The van der Waals surface area contributed by atoms with Crippen LogP contribution in [0.15, 0.2) is 22.1 Å². The number of hydrogen-bond donors (Lipinski definition) is 5. The van der Waals surface area contributed by atoms with Gasteiger partial charge in [0.25, 0.3) is 0 Å². The van der Waals surface area contributed by atoms with Crippen molar-refractivity contribution in [1.82, 2.24) is 0 Å². The Labute approximate surface area is 104 Å². The molecule has 1 aromatic rings. The van der Waals surface area contributed by atoms with Gasteiger partial charge in [0.15, 0.2) is 5.96 Å². The molecule has 0 fully saturated rings. The van der Waals surface area contributed by atoms with Gasteiger partial charge in [-0.05, 0) is 25.0 Å². The Bertz CT molecular complexity index is 519. The summed E-state index contributed by atoms with van der Waals surface area (Å²) in [4.78, 5) is 7.81. The quantitative estimate of drug-likeness (QED) is 0.270. The van der Waals surface area contributed by atoms with Crippen molar-refractivity contribution in [3.8, 4) is 5.75 Å². The molecular formula is C11H16N6O. The number of nitrogens with zero attached hydrogens (tertiary/aromatic N) is 2. The monoisotopic (exact) mass is 248 g/mol. The van der Waals surface area contributed by atoms with Crippen LogP contribution in [0.5, 0.6) is 5.75 Å². The Morgan fingerprint density at radius 3 is 2.78 bits per heavy atom. The number of fused-ring (bicyclic) bond motifs is 1. The van der Waals surface area contributed by atoms with E-state index < -0.39 is 0 Å². The van der Waals surface area contributed by atoms with Gasteiger partial charge >= 0.3 is 0 Å². The second-order valence-electron chi connectivity index (χ2n) is 3.99. The highest BCUT2D eigenvalue weighted by atomic mass is 16.3. The number of aromatic hydroxyl groups is 1. The van der Waals surface area contributed by atoms with Crippen LogP contribution in [0.3, 0.4) is 0 Å². The minimum Gasteiger partial charge on any atom is -0.506 e. The van der Waals surface area contributed by atoms with Crippen LogP contribution in [0.4, 0.5) is 11.4 Å². The van der Waals surface area contributed by atoms with Crippen LogP contribution in [0, 0.1) is 0 Å². The minimum atomic E-state index is -0.137. The zero-order valence-corrected chi connectivity index (χ0v) is 9.85. The molecule has 8 N–H and O–H groups in total. The van der Waals surface area contributed by atoms with E-state index >= 15 is 0 Å². The van der Waals surface area contributed by atoms with Crippen molar-refractivity contribution < 1.29 is 5.11 Å². The van der Waals surface area contributed by atoms with Gasteiger partial charge in [0.1, 0.15) is 5.75 Å². The van der Waals surface area contributed by atoms with Crippen LogP contribution in [-0.4, -0.2) is 23.6 Å². The summed E-state index contributed by atoms with van der Waals surface area (Å²) in [5, 5.41) is 12.9. The molecule has 0 bridgehead atoms. The third-order valence-corrected chi connectivity index (χ3v) is 2.65. The van der Waals surface area contributed by atoms with Crippen molar-refractivity contribution in [2.45, 2.75) is 12.8 Å². The SMILES string of the molecule is NC(N)=NC(N)=Nc1ccc(O)c2c1CCCN2. The lowest BCUT2D eigenvalue weighted by Crippen LogP contribution is -2.26. The fraction of sp³-hybridized carbons (Fsp3) is 0.273. The van der Waals surface area contributed by atoms with E-state index in [9.17, 15) is 5.11 Å². The first-order valence-electron chi connectivity index (χ1n) is 5.60. The molecule has 0 aromatic heterocycles. The van der Waals surface area contributed by atoms with Gasteiger partial charge in [-0.2, -0.15) is 4.99 Å². The highest BCUT2D eigenvalue weighted by molar-refractivity contribution is 5.94.